The topological polar surface area (TPSA) is 29.3 Å². The summed E-state index contributed by atoms with van der Waals surface area (Å²) >= 11 is 0. The number of piperidine rings is 1. The van der Waals surface area contributed by atoms with E-state index in [4.69, 9.17) is 5.73 Å². The fraction of sp³-hybridized carbons (Fsp3) is 1.00. The van der Waals surface area contributed by atoms with Crippen LogP contribution >= 0.6 is 0 Å². The van der Waals surface area contributed by atoms with E-state index in [0.717, 1.165) is 18.5 Å². The van der Waals surface area contributed by atoms with Gasteiger partial charge >= 0.3 is 0 Å². The number of likely N-dealkylation sites (tertiary alicyclic amines) is 1. The molecule has 2 heteroatoms. The number of nitrogens with two attached hydrogens (primary N) is 1. The summed E-state index contributed by atoms with van der Waals surface area (Å²) in [7, 11) is 0. The molecular weight excluding hydrogens is 196 g/mol. The first-order valence-corrected chi connectivity index (χ1v) is 7.31. The Morgan fingerprint density at radius 2 is 1.81 bits per heavy atom. The van der Waals surface area contributed by atoms with Crippen LogP contribution < -0.4 is 5.73 Å². The quantitative estimate of drug-likeness (QED) is 0.798. The van der Waals surface area contributed by atoms with Crippen molar-refractivity contribution in [2.75, 3.05) is 13.1 Å². The highest BCUT2D eigenvalue weighted by Crippen LogP contribution is 2.32. The largest absolute Gasteiger partial charge is 0.329 e. The van der Waals surface area contributed by atoms with Crippen molar-refractivity contribution in [3.63, 3.8) is 0 Å². The lowest BCUT2D eigenvalue weighted by Crippen LogP contribution is -2.50. The molecule has 0 radical (unpaired) electrons. The summed E-state index contributed by atoms with van der Waals surface area (Å²) in [6, 6.07) is 1.55. The minimum atomic E-state index is 0.692. The van der Waals surface area contributed by atoms with Gasteiger partial charge in [-0.15, -0.1) is 0 Å². The molecule has 2 aliphatic rings. The van der Waals surface area contributed by atoms with Crippen LogP contribution in [0.5, 0.6) is 0 Å². The van der Waals surface area contributed by atoms with E-state index in [-0.39, 0.29) is 0 Å². The SMILES string of the molecule is CCC1CCC(N2CCCCC2CN)CC1. The second kappa shape index (κ2) is 6.02. The van der Waals surface area contributed by atoms with Gasteiger partial charge < -0.3 is 5.73 Å². The molecule has 94 valence electrons. The van der Waals surface area contributed by atoms with Gasteiger partial charge in [0.05, 0.1) is 0 Å². The Bertz CT molecular complexity index is 197. The highest BCUT2D eigenvalue weighted by atomic mass is 15.2. The molecule has 0 aromatic rings. The predicted molar refractivity (Wildman–Crippen MR) is 69.4 cm³/mol. The van der Waals surface area contributed by atoms with E-state index in [1.807, 2.05) is 0 Å². The summed E-state index contributed by atoms with van der Waals surface area (Å²) < 4.78 is 0. The molecular formula is C14H28N2. The van der Waals surface area contributed by atoms with Crippen LogP contribution in [0.2, 0.25) is 0 Å². The van der Waals surface area contributed by atoms with Gasteiger partial charge in [0.25, 0.3) is 0 Å². The Labute approximate surface area is 101 Å². The Hall–Kier alpha value is -0.0800. The average Bonchev–Trinajstić information content (AvgIpc) is 2.39. The van der Waals surface area contributed by atoms with Crippen molar-refractivity contribution in [1.29, 1.82) is 0 Å². The van der Waals surface area contributed by atoms with Crippen molar-refractivity contribution in [2.45, 2.75) is 70.4 Å². The molecule has 1 heterocycles. The molecule has 0 spiro atoms. The number of nitrogens with zero attached hydrogens (tertiary/aromatic N) is 1. The van der Waals surface area contributed by atoms with Gasteiger partial charge in [-0.1, -0.05) is 19.8 Å². The fourth-order valence-corrected chi connectivity index (χ4v) is 3.64. The molecule has 1 saturated heterocycles. The Kier molecular flexibility index (Phi) is 4.66. The summed E-state index contributed by atoms with van der Waals surface area (Å²) in [5, 5.41) is 0. The molecule has 1 aliphatic heterocycles. The van der Waals surface area contributed by atoms with Gasteiger partial charge in [-0.05, 0) is 51.0 Å². The van der Waals surface area contributed by atoms with E-state index >= 15 is 0 Å². The lowest BCUT2D eigenvalue weighted by atomic mass is 9.82. The third-order valence-electron chi connectivity index (χ3n) is 4.81. The van der Waals surface area contributed by atoms with Crippen LogP contribution in [0.3, 0.4) is 0 Å². The first-order valence-electron chi connectivity index (χ1n) is 7.31. The van der Waals surface area contributed by atoms with Gasteiger partial charge in [0.1, 0.15) is 0 Å². The highest BCUT2D eigenvalue weighted by Gasteiger charge is 2.30. The third-order valence-corrected chi connectivity index (χ3v) is 4.81. The van der Waals surface area contributed by atoms with Crippen molar-refractivity contribution >= 4 is 0 Å². The van der Waals surface area contributed by atoms with Crippen LogP contribution in [0, 0.1) is 5.92 Å². The van der Waals surface area contributed by atoms with Crippen LogP contribution in [0.15, 0.2) is 0 Å². The normalized spacial score (nSPS) is 37.5. The smallest absolute Gasteiger partial charge is 0.0221 e. The zero-order valence-corrected chi connectivity index (χ0v) is 10.8. The summed E-state index contributed by atoms with van der Waals surface area (Å²) in [6.07, 6.45) is 11.3. The van der Waals surface area contributed by atoms with Gasteiger partial charge in [0.15, 0.2) is 0 Å². The Morgan fingerprint density at radius 3 is 2.44 bits per heavy atom. The second-order valence-electron chi connectivity index (χ2n) is 5.71. The van der Waals surface area contributed by atoms with Gasteiger partial charge in [0.2, 0.25) is 0 Å². The van der Waals surface area contributed by atoms with Crippen LogP contribution in [0.25, 0.3) is 0 Å². The lowest BCUT2D eigenvalue weighted by Gasteiger charge is -2.43. The van der Waals surface area contributed by atoms with Gasteiger partial charge in [-0.2, -0.15) is 0 Å². The first kappa shape index (κ1) is 12.4. The number of rotatable bonds is 3. The van der Waals surface area contributed by atoms with Gasteiger partial charge in [-0.25, -0.2) is 0 Å². The minimum absolute atomic E-state index is 0.692. The second-order valence-corrected chi connectivity index (χ2v) is 5.71. The Morgan fingerprint density at radius 1 is 1.06 bits per heavy atom. The van der Waals surface area contributed by atoms with Crippen LogP contribution in [0.4, 0.5) is 0 Å². The van der Waals surface area contributed by atoms with Crippen LogP contribution in [-0.2, 0) is 0 Å². The zero-order valence-electron chi connectivity index (χ0n) is 10.8. The summed E-state index contributed by atoms with van der Waals surface area (Å²) in [6.45, 7) is 4.52. The van der Waals surface area contributed by atoms with Crippen LogP contribution in [-0.4, -0.2) is 30.1 Å². The summed E-state index contributed by atoms with van der Waals surface area (Å²) in [4.78, 5) is 2.75. The third kappa shape index (κ3) is 2.78. The maximum absolute atomic E-state index is 5.91. The standard InChI is InChI=1S/C14H28N2/c1-2-12-6-8-13(9-7-12)16-10-4-3-5-14(16)11-15/h12-14H,2-11,15H2,1H3. The molecule has 1 atom stereocenters. The fourth-order valence-electron chi connectivity index (χ4n) is 3.64. The first-order chi connectivity index (χ1) is 7.85. The maximum atomic E-state index is 5.91. The van der Waals surface area contributed by atoms with Crippen LogP contribution in [0.1, 0.15) is 58.3 Å². The molecule has 0 aromatic heterocycles. The monoisotopic (exact) mass is 224 g/mol. The van der Waals surface area contributed by atoms with Crippen molar-refractivity contribution in [3.05, 3.63) is 0 Å². The molecule has 0 bridgehead atoms. The molecule has 2 N–H and O–H groups in total. The molecule has 2 rings (SSSR count). The van der Waals surface area contributed by atoms with E-state index in [0.29, 0.717) is 6.04 Å². The molecule has 2 nitrogen and oxygen atoms in total. The van der Waals surface area contributed by atoms with Crippen molar-refractivity contribution < 1.29 is 0 Å². The van der Waals surface area contributed by atoms with E-state index in [1.165, 1.54) is 57.9 Å². The molecule has 0 amide bonds. The predicted octanol–water partition coefficient (Wildman–Crippen LogP) is 2.77. The van der Waals surface area contributed by atoms with Crippen molar-refractivity contribution in [3.8, 4) is 0 Å². The highest BCUT2D eigenvalue weighted by molar-refractivity contribution is 4.86. The zero-order chi connectivity index (χ0) is 11.4. The van der Waals surface area contributed by atoms with E-state index in [1.54, 1.807) is 0 Å². The molecule has 2 fully saturated rings. The molecule has 1 unspecified atom stereocenters. The number of hydrogen-bond acceptors (Lipinski definition) is 2. The minimum Gasteiger partial charge on any atom is -0.329 e. The van der Waals surface area contributed by atoms with Gasteiger partial charge in [0, 0.05) is 18.6 Å². The Balaban J connectivity index is 1.86. The molecule has 16 heavy (non-hydrogen) atoms. The van der Waals surface area contributed by atoms with Crippen molar-refractivity contribution in [2.24, 2.45) is 11.7 Å². The maximum Gasteiger partial charge on any atom is 0.0221 e. The van der Waals surface area contributed by atoms with E-state index in [9.17, 15) is 0 Å². The molecule has 1 aliphatic carbocycles. The van der Waals surface area contributed by atoms with Crippen molar-refractivity contribution in [1.82, 2.24) is 4.90 Å². The number of hydrogen-bond donors (Lipinski definition) is 1. The van der Waals surface area contributed by atoms with E-state index in [2.05, 4.69) is 11.8 Å². The molecule has 1 saturated carbocycles. The molecule has 0 aromatic carbocycles. The lowest BCUT2D eigenvalue weighted by molar-refractivity contribution is 0.0660. The summed E-state index contributed by atoms with van der Waals surface area (Å²) in [5.74, 6) is 1.01. The average molecular weight is 224 g/mol. The summed E-state index contributed by atoms with van der Waals surface area (Å²) in [5.41, 5.74) is 5.91. The van der Waals surface area contributed by atoms with Gasteiger partial charge in [-0.3, -0.25) is 4.90 Å². The van der Waals surface area contributed by atoms with E-state index < -0.39 is 0 Å².